The van der Waals surface area contributed by atoms with E-state index in [1.54, 1.807) is 37.3 Å². The van der Waals surface area contributed by atoms with Gasteiger partial charge in [0.15, 0.2) is 16.1 Å². The van der Waals surface area contributed by atoms with E-state index in [0.29, 0.717) is 47.8 Å². The summed E-state index contributed by atoms with van der Waals surface area (Å²) in [4.78, 5) is 21.0. The molecule has 0 saturated carbocycles. The van der Waals surface area contributed by atoms with Crippen LogP contribution in [-0.4, -0.2) is 48.5 Å². The molecule has 3 N–H and O–H groups in total. The number of aryl methyl sites for hydroxylation is 1. The molecule has 2 aromatic carbocycles. The summed E-state index contributed by atoms with van der Waals surface area (Å²) < 4.78 is 38.8. The largest absolute Gasteiger partial charge is 0.369 e. The number of para-hydroxylation sites is 2. The summed E-state index contributed by atoms with van der Waals surface area (Å²) >= 11 is 1.34. The number of hydrogen-bond acceptors (Lipinski definition) is 8. The molecule has 4 heterocycles. The topological polar surface area (TPSA) is 112 Å². The van der Waals surface area contributed by atoms with Gasteiger partial charge in [0, 0.05) is 29.2 Å². The number of halogens is 1. The molecule has 42 heavy (non-hydrogen) atoms. The first kappa shape index (κ1) is 28.3. The van der Waals surface area contributed by atoms with E-state index >= 15 is 0 Å². The zero-order valence-electron chi connectivity index (χ0n) is 23.0. The van der Waals surface area contributed by atoms with Crippen molar-refractivity contribution in [1.82, 2.24) is 4.98 Å². The molecular weight excluding hydrogens is 575 g/mol. The third kappa shape index (κ3) is 5.51. The lowest BCUT2D eigenvalue weighted by molar-refractivity contribution is 0.102. The number of pyridine rings is 1. The zero-order chi connectivity index (χ0) is 29.4. The molecule has 6 rings (SSSR count). The van der Waals surface area contributed by atoms with Crippen LogP contribution < -0.4 is 15.5 Å². The highest BCUT2D eigenvalue weighted by Crippen LogP contribution is 2.43. The van der Waals surface area contributed by atoms with Crippen LogP contribution in [0.1, 0.15) is 45.6 Å². The minimum atomic E-state index is -3.08. The molecule has 0 bridgehead atoms. The summed E-state index contributed by atoms with van der Waals surface area (Å²) in [6.45, 7) is 2.50. The first-order chi connectivity index (χ1) is 20.2. The molecule has 1 amide bonds. The minimum absolute atomic E-state index is 0.176. The molecule has 11 heteroatoms. The number of anilines is 3. The maximum absolute atomic E-state index is 14.4. The van der Waals surface area contributed by atoms with Crippen molar-refractivity contribution in [2.24, 2.45) is 0 Å². The Morgan fingerprint density at radius 2 is 1.98 bits per heavy atom. The van der Waals surface area contributed by atoms with Crippen molar-refractivity contribution in [2.45, 2.75) is 37.7 Å². The molecule has 4 aromatic rings. The first-order valence-electron chi connectivity index (χ1n) is 13.9. The summed E-state index contributed by atoms with van der Waals surface area (Å²) in [7, 11) is -3.08. The van der Waals surface area contributed by atoms with Gasteiger partial charge in [-0.15, -0.1) is 11.3 Å². The Labute approximate surface area is 248 Å². The normalized spacial score (nSPS) is 18.1. The second-order valence-corrected chi connectivity index (χ2v) is 14.1. The monoisotopic (exact) mass is 606 g/mol. The molecule has 2 aliphatic heterocycles. The van der Waals surface area contributed by atoms with Gasteiger partial charge >= 0.3 is 0 Å². The number of fused-ring (bicyclic) bond motifs is 3. The molecule has 0 radical (unpaired) electrons. The number of carbonyl (C=O) groups is 1. The van der Waals surface area contributed by atoms with Crippen LogP contribution in [0.4, 0.5) is 21.6 Å². The number of benzene rings is 2. The van der Waals surface area contributed by atoms with Crippen LogP contribution in [0, 0.1) is 12.7 Å². The number of thiophene rings is 1. The smallest absolute Gasteiger partial charge is 0.265 e. The molecule has 2 atom stereocenters. The van der Waals surface area contributed by atoms with Gasteiger partial charge in [-0.3, -0.25) is 4.79 Å². The van der Waals surface area contributed by atoms with E-state index in [0.717, 1.165) is 21.7 Å². The lowest BCUT2D eigenvalue weighted by Gasteiger charge is -2.30. The molecule has 1 saturated heterocycles. The van der Waals surface area contributed by atoms with Gasteiger partial charge in [-0.05, 0) is 67.6 Å². The maximum atomic E-state index is 14.4. The van der Waals surface area contributed by atoms with Crippen LogP contribution in [0.15, 0.2) is 66.7 Å². The number of nitrogens with zero attached hydrogens (tertiary/aromatic N) is 2. The standard InChI is InChI=1S/C31H31FN4O4S2/c1-19-7-4-10-23(32)28(19)35-30(37)26-17-20-14-15-36(25-12-3-2-9-22(25)29(20)41-26)31(38)24-11-5-13-27(34-24)33-18-21-8-6-16-42(21,39)40/h2-5,7,9-13,17,21,31,38H,6,8,14-16,18H2,1H3,(H,33,34)(H,35,37). The van der Waals surface area contributed by atoms with E-state index < -0.39 is 27.1 Å². The second-order valence-electron chi connectivity index (χ2n) is 10.6. The van der Waals surface area contributed by atoms with E-state index in [4.69, 9.17) is 0 Å². The maximum Gasteiger partial charge on any atom is 0.265 e. The molecule has 0 aliphatic carbocycles. The van der Waals surface area contributed by atoms with Gasteiger partial charge in [-0.1, -0.05) is 36.4 Å². The van der Waals surface area contributed by atoms with E-state index in [2.05, 4.69) is 15.6 Å². The molecule has 2 unspecified atom stereocenters. The molecular formula is C31H31FN4O4S2. The van der Waals surface area contributed by atoms with Gasteiger partial charge in [0.25, 0.3) is 5.91 Å². The summed E-state index contributed by atoms with van der Waals surface area (Å²) in [5.41, 5.74) is 3.92. The van der Waals surface area contributed by atoms with E-state index in [-0.39, 0.29) is 23.9 Å². The van der Waals surface area contributed by atoms with E-state index in [9.17, 15) is 22.7 Å². The fraction of sp³-hybridized carbons (Fsp3) is 0.290. The van der Waals surface area contributed by atoms with Crippen molar-refractivity contribution in [2.75, 3.05) is 34.4 Å². The summed E-state index contributed by atoms with van der Waals surface area (Å²) in [6.07, 6.45) is 0.835. The first-order valence-corrected chi connectivity index (χ1v) is 16.4. The number of carbonyl (C=O) groups excluding carboxylic acids is 1. The number of aromatic nitrogens is 1. The lowest BCUT2D eigenvalue weighted by Crippen LogP contribution is -2.31. The van der Waals surface area contributed by atoms with Gasteiger partial charge < -0.3 is 20.6 Å². The Morgan fingerprint density at radius 3 is 2.76 bits per heavy atom. The number of rotatable bonds is 7. The number of aliphatic hydroxyl groups is 1. The van der Waals surface area contributed by atoms with Gasteiger partial charge in [0.1, 0.15) is 11.6 Å². The van der Waals surface area contributed by atoms with Gasteiger partial charge in [0.2, 0.25) is 0 Å². The molecule has 1 fully saturated rings. The number of nitrogens with one attached hydrogen (secondary N) is 2. The molecule has 8 nitrogen and oxygen atoms in total. The van der Waals surface area contributed by atoms with Crippen LogP contribution in [0.25, 0.3) is 10.4 Å². The second kappa shape index (κ2) is 11.5. The Bertz CT molecular complexity index is 1740. The molecule has 0 spiro atoms. The van der Waals surface area contributed by atoms with Crippen LogP contribution >= 0.6 is 11.3 Å². The van der Waals surface area contributed by atoms with Crippen molar-refractivity contribution in [3.63, 3.8) is 0 Å². The molecule has 218 valence electrons. The van der Waals surface area contributed by atoms with Crippen molar-refractivity contribution in [3.05, 3.63) is 94.2 Å². The van der Waals surface area contributed by atoms with Crippen molar-refractivity contribution >= 4 is 44.3 Å². The van der Waals surface area contributed by atoms with Crippen molar-refractivity contribution in [1.29, 1.82) is 0 Å². The Kier molecular flexibility index (Phi) is 7.73. The Balaban J connectivity index is 1.24. The van der Waals surface area contributed by atoms with Gasteiger partial charge in [-0.25, -0.2) is 17.8 Å². The average Bonchev–Trinajstić information content (AvgIpc) is 3.52. The van der Waals surface area contributed by atoms with Crippen molar-refractivity contribution in [3.8, 4) is 10.4 Å². The third-order valence-corrected chi connectivity index (χ3v) is 11.4. The van der Waals surface area contributed by atoms with E-state index in [1.165, 1.54) is 17.4 Å². The lowest BCUT2D eigenvalue weighted by atomic mass is 10.1. The number of sulfone groups is 1. The molecule has 2 aliphatic rings. The highest BCUT2D eigenvalue weighted by Gasteiger charge is 2.31. The summed E-state index contributed by atoms with van der Waals surface area (Å²) in [5.74, 6) is -0.109. The number of amides is 1. The van der Waals surface area contributed by atoms with Crippen LogP contribution in [-0.2, 0) is 16.3 Å². The highest BCUT2D eigenvalue weighted by atomic mass is 32.2. The fourth-order valence-electron chi connectivity index (χ4n) is 5.61. The summed E-state index contributed by atoms with van der Waals surface area (Å²) in [5, 5.41) is 17.0. The quantitative estimate of drug-likeness (QED) is 0.253. The third-order valence-electron chi connectivity index (χ3n) is 7.88. The number of hydrogen-bond donors (Lipinski definition) is 3. The highest BCUT2D eigenvalue weighted by molar-refractivity contribution is 7.92. The van der Waals surface area contributed by atoms with Crippen LogP contribution in [0.5, 0.6) is 0 Å². The van der Waals surface area contributed by atoms with Gasteiger partial charge in [-0.2, -0.15) is 0 Å². The fourth-order valence-corrected chi connectivity index (χ4v) is 8.52. The predicted molar refractivity (Wildman–Crippen MR) is 164 cm³/mol. The van der Waals surface area contributed by atoms with Gasteiger partial charge in [0.05, 0.1) is 27.3 Å². The zero-order valence-corrected chi connectivity index (χ0v) is 24.6. The molecule has 2 aromatic heterocycles. The number of aliphatic hydroxyl groups excluding tert-OH is 1. The predicted octanol–water partition coefficient (Wildman–Crippen LogP) is 5.55. The van der Waals surface area contributed by atoms with E-state index in [1.807, 2.05) is 35.2 Å². The van der Waals surface area contributed by atoms with Crippen molar-refractivity contribution < 1.29 is 22.7 Å². The Hall–Kier alpha value is -3.80. The van der Waals surface area contributed by atoms with Crippen LogP contribution in [0.3, 0.4) is 0 Å². The SMILES string of the molecule is Cc1cccc(F)c1NC(=O)c1cc2c(s1)-c1ccccc1N(C(O)c1cccc(NCC3CCCS3(=O)=O)n1)CC2. The van der Waals surface area contributed by atoms with Crippen LogP contribution in [0.2, 0.25) is 0 Å². The minimum Gasteiger partial charge on any atom is -0.369 e. The summed E-state index contributed by atoms with van der Waals surface area (Å²) in [6, 6.07) is 19.5. The average molecular weight is 607 g/mol. The Morgan fingerprint density at radius 1 is 1.17 bits per heavy atom.